The Bertz CT molecular complexity index is 1520. The van der Waals surface area contributed by atoms with Crippen molar-refractivity contribution in [3.63, 3.8) is 0 Å². The Balaban J connectivity index is 1.34. The van der Waals surface area contributed by atoms with Gasteiger partial charge in [-0.25, -0.2) is 18.4 Å². The van der Waals surface area contributed by atoms with Crippen LogP contribution in [0.25, 0.3) is 11.0 Å². The van der Waals surface area contributed by atoms with Crippen molar-refractivity contribution < 1.29 is 8.42 Å². The van der Waals surface area contributed by atoms with Gasteiger partial charge in [0.1, 0.15) is 11.5 Å². The van der Waals surface area contributed by atoms with Gasteiger partial charge in [-0.1, -0.05) is 6.07 Å². The highest BCUT2D eigenvalue weighted by Crippen LogP contribution is 2.26. The van der Waals surface area contributed by atoms with E-state index in [-0.39, 0.29) is 0 Å². The summed E-state index contributed by atoms with van der Waals surface area (Å²) in [6.45, 7) is 2.53. The summed E-state index contributed by atoms with van der Waals surface area (Å²) in [5.74, 6) is 0.894. The van der Waals surface area contributed by atoms with Crippen LogP contribution < -0.4 is 14.5 Å². The van der Waals surface area contributed by atoms with Gasteiger partial charge in [0, 0.05) is 67.1 Å². The molecule has 3 aromatic heterocycles. The zero-order valence-corrected chi connectivity index (χ0v) is 23.1. The Kier molecular flexibility index (Phi) is 7.22. The zero-order valence-electron chi connectivity index (χ0n) is 22.2. The van der Waals surface area contributed by atoms with Crippen molar-refractivity contribution in [3.8, 4) is 0 Å². The van der Waals surface area contributed by atoms with E-state index in [4.69, 9.17) is 4.98 Å². The zero-order chi connectivity index (χ0) is 26.9. The van der Waals surface area contributed by atoms with E-state index in [9.17, 15) is 8.42 Å². The highest BCUT2D eigenvalue weighted by molar-refractivity contribution is 7.92. The van der Waals surface area contributed by atoms with Crippen LogP contribution in [-0.4, -0.2) is 79.4 Å². The van der Waals surface area contributed by atoms with Crippen LogP contribution in [0.5, 0.6) is 0 Å². The average Bonchev–Trinajstić information content (AvgIpc) is 3.30. The first-order chi connectivity index (χ1) is 18.2. The smallest absolute Gasteiger partial charge is 0.233 e. The number of hydrogen-bond donors (Lipinski definition) is 1. The SMILES string of the molecule is CN(C)C1CCCN(c2ccc(Nc3ncc4ccn(Cc5cccnc5N(C)S(C)(=O)=O)c4n3)cc2)C1. The van der Waals surface area contributed by atoms with Crippen molar-refractivity contribution in [2.45, 2.75) is 25.4 Å². The lowest BCUT2D eigenvalue weighted by atomic mass is 10.0. The van der Waals surface area contributed by atoms with Gasteiger partial charge < -0.3 is 19.7 Å². The number of aromatic nitrogens is 4. The molecule has 0 saturated carbocycles. The molecule has 5 rings (SSSR count). The highest BCUT2D eigenvalue weighted by Gasteiger charge is 2.22. The minimum absolute atomic E-state index is 0.398. The van der Waals surface area contributed by atoms with Gasteiger partial charge in [0.2, 0.25) is 16.0 Å². The number of benzene rings is 1. The topological polar surface area (TPSA) is 99.5 Å². The quantitative estimate of drug-likeness (QED) is 0.367. The first-order valence-electron chi connectivity index (χ1n) is 12.7. The third kappa shape index (κ3) is 5.58. The predicted molar refractivity (Wildman–Crippen MR) is 153 cm³/mol. The van der Waals surface area contributed by atoms with E-state index in [1.807, 2.05) is 22.9 Å². The fourth-order valence-corrected chi connectivity index (χ4v) is 5.31. The molecule has 4 heterocycles. The largest absolute Gasteiger partial charge is 0.370 e. The standard InChI is InChI=1S/C27H34N8O2S/c1-32(2)24-8-6-15-34(19-24)23-11-9-22(10-12-23)30-27-29-17-20-13-16-35(26(20)31-27)18-21-7-5-14-28-25(21)33(3)38(4,36)37/h5,7,9-14,16-17,24H,6,8,15,18-19H2,1-4H3,(H,29,30,31). The average molecular weight is 535 g/mol. The van der Waals surface area contributed by atoms with E-state index < -0.39 is 10.0 Å². The number of hydrogen-bond acceptors (Lipinski definition) is 8. The molecule has 200 valence electrons. The lowest BCUT2D eigenvalue weighted by Crippen LogP contribution is -2.45. The Morgan fingerprint density at radius 2 is 1.87 bits per heavy atom. The summed E-state index contributed by atoms with van der Waals surface area (Å²) in [4.78, 5) is 18.3. The Hall–Kier alpha value is -3.70. The van der Waals surface area contributed by atoms with Crippen LogP contribution in [0.1, 0.15) is 18.4 Å². The summed E-state index contributed by atoms with van der Waals surface area (Å²) in [7, 11) is 2.37. The number of sulfonamides is 1. The summed E-state index contributed by atoms with van der Waals surface area (Å²) in [6.07, 6.45) is 8.91. The lowest BCUT2D eigenvalue weighted by molar-refractivity contribution is 0.258. The molecule has 1 fully saturated rings. The number of piperidine rings is 1. The first kappa shape index (κ1) is 25.9. The van der Waals surface area contributed by atoms with Crippen molar-refractivity contribution in [3.05, 3.63) is 66.6 Å². The van der Waals surface area contributed by atoms with Crippen molar-refractivity contribution in [1.29, 1.82) is 0 Å². The number of likely N-dealkylation sites (N-methyl/N-ethyl adjacent to an activating group) is 1. The molecular formula is C27H34N8O2S. The van der Waals surface area contributed by atoms with Crippen LogP contribution in [0.2, 0.25) is 0 Å². The number of pyridine rings is 1. The third-order valence-electron chi connectivity index (χ3n) is 7.12. The van der Waals surface area contributed by atoms with Gasteiger partial charge in [-0.3, -0.25) is 4.31 Å². The van der Waals surface area contributed by atoms with E-state index >= 15 is 0 Å². The molecule has 11 heteroatoms. The molecule has 1 unspecified atom stereocenters. The molecular weight excluding hydrogens is 500 g/mol. The molecule has 1 aliphatic heterocycles. The summed E-state index contributed by atoms with van der Waals surface area (Å²) < 4.78 is 27.4. The van der Waals surface area contributed by atoms with Crippen molar-refractivity contribution in [1.82, 2.24) is 24.4 Å². The summed E-state index contributed by atoms with van der Waals surface area (Å²) in [6, 6.07) is 14.6. The maximum absolute atomic E-state index is 12.1. The van der Waals surface area contributed by atoms with E-state index in [0.29, 0.717) is 24.4 Å². The number of nitrogens with zero attached hydrogens (tertiary/aromatic N) is 7. The molecule has 1 saturated heterocycles. The maximum atomic E-state index is 12.1. The number of fused-ring (bicyclic) bond motifs is 1. The molecule has 1 aliphatic rings. The minimum atomic E-state index is -3.44. The normalized spacial score (nSPS) is 16.2. The van der Waals surface area contributed by atoms with Crippen LogP contribution >= 0.6 is 0 Å². The van der Waals surface area contributed by atoms with E-state index in [0.717, 1.165) is 35.4 Å². The van der Waals surface area contributed by atoms with Crippen LogP contribution in [0.3, 0.4) is 0 Å². The fraction of sp³-hybridized carbons (Fsp3) is 0.370. The van der Waals surface area contributed by atoms with Gasteiger partial charge in [0.15, 0.2) is 0 Å². The Morgan fingerprint density at radius 3 is 2.61 bits per heavy atom. The molecule has 0 radical (unpaired) electrons. The summed E-state index contributed by atoms with van der Waals surface area (Å²) in [5, 5.41) is 4.22. The molecule has 0 aliphatic carbocycles. The predicted octanol–water partition coefficient (Wildman–Crippen LogP) is 3.54. The molecule has 1 atom stereocenters. The molecule has 1 aromatic carbocycles. The van der Waals surface area contributed by atoms with Crippen molar-refractivity contribution in [2.24, 2.45) is 0 Å². The lowest BCUT2D eigenvalue weighted by Gasteiger charge is -2.37. The van der Waals surface area contributed by atoms with Gasteiger partial charge in [-0.05, 0) is 63.3 Å². The monoisotopic (exact) mass is 534 g/mol. The molecule has 1 N–H and O–H groups in total. The van der Waals surface area contributed by atoms with E-state index in [2.05, 4.69) is 63.4 Å². The Morgan fingerprint density at radius 1 is 1.08 bits per heavy atom. The molecule has 4 aromatic rings. The van der Waals surface area contributed by atoms with E-state index in [1.54, 1.807) is 18.5 Å². The second-order valence-corrected chi connectivity index (χ2v) is 12.0. The van der Waals surface area contributed by atoms with E-state index in [1.165, 1.54) is 36.1 Å². The highest BCUT2D eigenvalue weighted by atomic mass is 32.2. The number of rotatable bonds is 8. The van der Waals surface area contributed by atoms with Crippen LogP contribution in [0.15, 0.2) is 61.1 Å². The van der Waals surface area contributed by atoms with Crippen molar-refractivity contribution >= 4 is 44.2 Å². The molecule has 0 spiro atoms. The third-order valence-corrected chi connectivity index (χ3v) is 8.29. The molecule has 10 nitrogen and oxygen atoms in total. The molecule has 38 heavy (non-hydrogen) atoms. The fourth-order valence-electron chi connectivity index (χ4n) is 4.83. The van der Waals surface area contributed by atoms with Gasteiger partial charge in [-0.2, -0.15) is 4.98 Å². The van der Waals surface area contributed by atoms with Crippen LogP contribution in [0, 0.1) is 0 Å². The van der Waals surface area contributed by atoms with Crippen LogP contribution in [0.4, 0.5) is 23.1 Å². The van der Waals surface area contributed by atoms with Gasteiger partial charge in [0.25, 0.3) is 0 Å². The van der Waals surface area contributed by atoms with Gasteiger partial charge >= 0.3 is 0 Å². The molecule has 0 bridgehead atoms. The minimum Gasteiger partial charge on any atom is -0.370 e. The van der Waals surface area contributed by atoms with Crippen LogP contribution in [-0.2, 0) is 16.6 Å². The van der Waals surface area contributed by atoms with Gasteiger partial charge in [-0.15, -0.1) is 0 Å². The number of anilines is 4. The summed E-state index contributed by atoms with van der Waals surface area (Å²) >= 11 is 0. The molecule has 0 amide bonds. The second-order valence-electron chi connectivity index (χ2n) is 10.0. The van der Waals surface area contributed by atoms with Crippen molar-refractivity contribution in [2.75, 3.05) is 55.0 Å². The summed E-state index contributed by atoms with van der Waals surface area (Å²) in [5.41, 5.74) is 3.66. The number of nitrogens with one attached hydrogen (secondary N) is 1. The Labute approximate surface area is 224 Å². The maximum Gasteiger partial charge on any atom is 0.233 e. The second kappa shape index (κ2) is 10.6. The first-order valence-corrected chi connectivity index (χ1v) is 14.5. The van der Waals surface area contributed by atoms with Gasteiger partial charge in [0.05, 0.1) is 12.8 Å².